The first-order chi connectivity index (χ1) is 18.4. The molecule has 1 aromatic heterocycles. The van der Waals surface area contributed by atoms with Crippen LogP contribution in [0.5, 0.6) is 11.5 Å². The maximum absolute atomic E-state index is 13.8. The Hall–Kier alpha value is -3.53. The van der Waals surface area contributed by atoms with Gasteiger partial charge in [0.2, 0.25) is 11.8 Å². The first-order valence-electron chi connectivity index (χ1n) is 11.8. The topological polar surface area (TPSA) is 88.7 Å². The second-order valence-electron chi connectivity index (χ2n) is 8.95. The van der Waals surface area contributed by atoms with Gasteiger partial charge in [-0.15, -0.1) is 0 Å². The molecule has 2 aliphatic rings. The van der Waals surface area contributed by atoms with Gasteiger partial charge in [0.1, 0.15) is 23.4 Å². The number of imide groups is 1. The summed E-state index contributed by atoms with van der Waals surface area (Å²) < 4.78 is 11.1. The van der Waals surface area contributed by atoms with Gasteiger partial charge < -0.3 is 14.5 Å². The smallest absolute Gasteiger partial charge is 0.305 e. The Morgan fingerprint density at radius 3 is 2.39 bits per heavy atom. The van der Waals surface area contributed by atoms with Crippen molar-refractivity contribution in [2.75, 3.05) is 12.0 Å². The lowest BCUT2D eigenvalue weighted by molar-refractivity contribution is -0.122. The standard InChI is InChI=1S/C28H21ClN2O5S2/c1-35-19-11-7-18(8-12-19)31-26(32)22-21(23-25(30-28(34)38-23)37-24(22)27(31)33)16-5-9-20(10-6-16)36-14-15-3-2-4-17(29)13-15/h2-13,21-22,24H,14H2,1H3,(H,30,34)/t21-,22?,24?/m1/s1. The number of nitrogens with one attached hydrogen (secondary N) is 1. The predicted octanol–water partition coefficient (Wildman–Crippen LogP) is 5.47. The fourth-order valence-corrected chi connectivity index (χ4v) is 7.65. The van der Waals surface area contributed by atoms with E-state index < -0.39 is 17.1 Å². The summed E-state index contributed by atoms with van der Waals surface area (Å²) in [6, 6.07) is 21.8. The third-order valence-electron chi connectivity index (χ3n) is 6.69. The van der Waals surface area contributed by atoms with Crippen molar-refractivity contribution >= 4 is 52.2 Å². The molecule has 4 aromatic rings. The molecular weight excluding hydrogens is 544 g/mol. The van der Waals surface area contributed by atoms with Crippen molar-refractivity contribution in [2.24, 2.45) is 5.92 Å². The Morgan fingerprint density at radius 1 is 0.947 bits per heavy atom. The van der Waals surface area contributed by atoms with E-state index in [4.69, 9.17) is 21.1 Å². The van der Waals surface area contributed by atoms with E-state index in [0.29, 0.717) is 33.8 Å². The molecule has 1 saturated heterocycles. The molecule has 38 heavy (non-hydrogen) atoms. The van der Waals surface area contributed by atoms with Gasteiger partial charge in [-0.3, -0.25) is 14.4 Å². The molecule has 6 rings (SSSR count). The number of amides is 2. The quantitative estimate of drug-likeness (QED) is 0.312. The number of carbonyl (C=O) groups excluding carboxylic acids is 2. The minimum absolute atomic E-state index is 0.208. The van der Waals surface area contributed by atoms with Crippen LogP contribution in [0.25, 0.3) is 0 Å². The summed E-state index contributed by atoms with van der Waals surface area (Å²) >= 11 is 8.41. The highest BCUT2D eigenvalue weighted by Crippen LogP contribution is 2.53. The van der Waals surface area contributed by atoms with Crippen molar-refractivity contribution in [3.8, 4) is 11.5 Å². The molecule has 0 aliphatic carbocycles. The largest absolute Gasteiger partial charge is 0.497 e. The highest BCUT2D eigenvalue weighted by atomic mass is 35.5. The molecule has 3 atom stereocenters. The minimum Gasteiger partial charge on any atom is -0.497 e. The van der Waals surface area contributed by atoms with Crippen LogP contribution >= 0.6 is 34.7 Å². The number of benzene rings is 3. The van der Waals surface area contributed by atoms with Gasteiger partial charge in [-0.1, -0.05) is 59.0 Å². The number of nitrogens with zero attached hydrogens (tertiary/aromatic N) is 1. The second-order valence-corrected chi connectivity index (χ2v) is 11.6. The van der Waals surface area contributed by atoms with Crippen molar-refractivity contribution in [1.29, 1.82) is 0 Å². The summed E-state index contributed by atoms with van der Waals surface area (Å²) in [6.07, 6.45) is 0. The van der Waals surface area contributed by atoms with Crippen LogP contribution in [-0.4, -0.2) is 29.2 Å². The molecule has 2 aliphatic heterocycles. The molecular formula is C28H21ClN2O5S2. The van der Waals surface area contributed by atoms with E-state index in [2.05, 4.69) is 4.98 Å². The molecule has 2 unspecified atom stereocenters. The molecule has 7 nitrogen and oxygen atoms in total. The average Bonchev–Trinajstić information content (AvgIpc) is 3.42. The van der Waals surface area contributed by atoms with E-state index >= 15 is 0 Å². The Labute approximate surface area is 231 Å². The molecule has 0 spiro atoms. The van der Waals surface area contributed by atoms with Crippen molar-refractivity contribution < 1.29 is 19.1 Å². The van der Waals surface area contributed by atoms with Gasteiger partial charge in [0.05, 0.1) is 23.7 Å². The number of rotatable bonds is 6. The number of aromatic amines is 1. The molecule has 0 radical (unpaired) electrons. The average molecular weight is 565 g/mol. The number of H-pyrrole nitrogens is 1. The zero-order valence-corrected chi connectivity index (χ0v) is 22.4. The van der Waals surface area contributed by atoms with Crippen molar-refractivity contribution in [2.45, 2.75) is 22.8 Å². The number of thiazole rings is 1. The van der Waals surface area contributed by atoms with Crippen LogP contribution in [0.2, 0.25) is 5.02 Å². The number of thioether (sulfide) groups is 1. The monoisotopic (exact) mass is 564 g/mol. The number of methoxy groups -OCH3 is 1. The number of carbonyl (C=O) groups is 2. The van der Waals surface area contributed by atoms with E-state index in [1.165, 1.54) is 16.7 Å². The van der Waals surface area contributed by atoms with Crippen molar-refractivity contribution in [1.82, 2.24) is 4.98 Å². The van der Waals surface area contributed by atoms with Gasteiger partial charge in [-0.25, -0.2) is 4.90 Å². The van der Waals surface area contributed by atoms with Crippen LogP contribution < -0.4 is 19.2 Å². The summed E-state index contributed by atoms with van der Waals surface area (Å²) in [5.74, 6) is -0.370. The second kappa shape index (κ2) is 9.98. The van der Waals surface area contributed by atoms with Crippen molar-refractivity contribution in [3.63, 3.8) is 0 Å². The summed E-state index contributed by atoms with van der Waals surface area (Å²) in [4.78, 5) is 44.3. The Balaban J connectivity index is 1.31. The van der Waals surface area contributed by atoms with Crippen LogP contribution in [-0.2, 0) is 16.2 Å². The lowest BCUT2D eigenvalue weighted by Gasteiger charge is -2.29. The van der Waals surface area contributed by atoms with Crippen LogP contribution in [0, 0.1) is 5.92 Å². The highest BCUT2D eigenvalue weighted by molar-refractivity contribution is 8.00. The molecule has 3 aromatic carbocycles. The first-order valence-corrected chi connectivity index (χ1v) is 13.9. The lowest BCUT2D eigenvalue weighted by atomic mass is 9.83. The zero-order valence-electron chi connectivity index (χ0n) is 20.1. The van der Waals surface area contributed by atoms with Gasteiger partial charge >= 0.3 is 4.87 Å². The molecule has 1 N–H and O–H groups in total. The van der Waals surface area contributed by atoms with E-state index in [1.54, 1.807) is 31.4 Å². The van der Waals surface area contributed by atoms with Gasteiger partial charge in [-0.2, -0.15) is 0 Å². The molecule has 1 fully saturated rings. The number of aromatic nitrogens is 1. The summed E-state index contributed by atoms with van der Waals surface area (Å²) in [6.45, 7) is 0.359. The maximum atomic E-state index is 13.8. The number of fused-ring (bicyclic) bond motifs is 2. The molecule has 3 heterocycles. The van der Waals surface area contributed by atoms with Crippen LogP contribution in [0.4, 0.5) is 5.69 Å². The SMILES string of the molecule is COc1ccc(N2C(=O)C3Sc4[nH]c(=O)sc4[C@H](c4ccc(OCc5cccc(Cl)c5)cc4)C3C2=O)cc1. The Bertz CT molecular complexity index is 1580. The molecule has 2 amide bonds. The van der Waals surface area contributed by atoms with E-state index in [9.17, 15) is 14.4 Å². The van der Waals surface area contributed by atoms with Crippen LogP contribution in [0.1, 0.15) is 21.9 Å². The number of hydrogen-bond donors (Lipinski definition) is 1. The van der Waals surface area contributed by atoms with Crippen LogP contribution in [0.15, 0.2) is 82.6 Å². The minimum atomic E-state index is -0.647. The number of anilines is 1. The molecule has 10 heteroatoms. The lowest BCUT2D eigenvalue weighted by Crippen LogP contribution is -2.32. The fourth-order valence-electron chi connectivity index (χ4n) is 4.93. The van der Waals surface area contributed by atoms with E-state index in [1.807, 2.05) is 48.5 Å². The van der Waals surface area contributed by atoms with Gasteiger partial charge in [-0.05, 0) is 59.7 Å². The molecule has 0 saturated carbocycles. The fraction of sp³-hybridized carbons (Fsp3) is 0.179. The number of ether oxygens (including phenoxy) is 2. The first kappa shape index (κ1) is 24.8. The summed E-state index contributed by atoms with van der Waals surface area (Å²) in [5.41, 5.74) is 2.28. The highest BCUT2D eigenvalue weighted by Gasteiger charge is 2.56. The number of hydrogen-bond acceptors (Lipinski definition) is 7. The normalized spacial score (nSPS) is 20.3. The summed E-state index contributed by atoms with van der Waals surface area (Å²) in [5, 5.41) is 0.642. The zero-order chi connectivity index (χ0) is 26.4. The van der Waals surface area contributed by atoms with E-state index in [0.717, 1.165) is 27.3 Å². The Kier molecular flexibility index (Phi) is 6.51. The summed E-state index contributed by atoms with van der Waals surface area (Å²) in [7, 11) is 1.56. The number of halogens is 1. The van der Waals surface area contributed by atoms with Crippen LogP contribution in [0.3, 0.4) is 0 Å². The molecule has 0 bridgehead atoms. The van der Waals surface area contributed by atoms with Gasteiger partial charge in [0.15, 0.2) is 0 Å². The van der Waals surface area contributed by atoms with Gasteiger partial charge in [0.25, 0.3) is 0 Å². The van der Waals surface area contributed by atoms with Crippen molar-refractivity contribution in [3.05, 3.63) is 103 Å². The maximum Gasteiger partial charge on any atom is 0.305 e. The van der Waals surface area contributed by atoms with Gasteiger partial charge in [0, 0.05) is 15.8 Å². The predicted molar refractivity (Wildman–Crippen MR) is 148 cm³/mol. The third-order valence-corrected chi connectivity index (χ3v) is 9.32. The third kappa shape index (κ3) is 4.40. The van der Waals surface area contributed by atoms with E-state index in [-0.39, 0.29) is 16.7 Å². The molecule has 192 valence electrons. The Morgan fingerprint density at radius 2 is 1.68 bits per heavy atom.